The van der Waals surface area contributed by atoms with Crippen molar-refractivity contribution in [1.82, 2.24) is 0 Å². The van der Waals surface area contributed by atoms with E-state index < -0.39 is 10.0 Å². The highest BCUT2D eigenvalue weighted by Crippen LogP contribution is 2.36. The summed E-state index contributed by atoms with van der Waals surface area (Å²) in [6, 6.07) is 3.45. The van der Waals surface area contributed by atoms with Gasteiger partial charge in [0.25, 0.3) is 10.0 Å². The van der Waals surface area contributed by atoms with Gasteiger partial charge in [0.1, 0.15) is 10.6 Å². The maximum atomic E-state index is 11.8. The molecule has 2 rings (SSSR count). The van der Waals surface area contributed by atoms with E-state index >= 15 is 0 Å². The molecular weight excluding hydrogens is 258 g/mol. The molecular formula is C11H13NO3S2. The van der Waals surface area contributed by atoms with Crippen LogP contribution in [0, 0.1) is 0 Å². The highest BCUT2D eigenvalue weighted by atomic mass is 32.2. The van der Waals surface area contributed by atoms with Crippen molar-refractivity contribution in [2.45, 2.75) is 23.1 Å². The maximum Gasteiger partial charge on any atom is 0.284 e. The molecule has 17 heavy (non-hydrogen) atoms. The predicted octanol–water partition coefficient (Wildman–Crippen LogP) is 2.32. The third-order valence-corrected chi connectivity index (χ3v) is 5.07. The van der Waals surface area contributed by atoms with Gasteiger partial charge in [-0.05, 0) is 24.3 Å². The van der Waals surface area contributed by atoms with Crippen molar-refractivity contribution in [2.75, 3.05) is 12.9 Å². The van der Waals surface area contributed by atoms with Gasteiger partial charge in [-0.2, -0.15) is 12.8 Å². The lowest BCUT2D eigenvalue weighted by atomic mass is 10.2. The van der Waals surface area contributed by atoms with Gasteiger partial charge in [0.2, 0.25) is 0 Å². The second kappa shape index (κ2) is 4.70. The fourth-order valence-corrected chi connectivity index (χ4v) is 4.03. The molecule has 1 aromatic rings. The van der Waals surface area contributed by atoms with Gasteiger partial charge in [0, 0.05) is 16.7 Å². The van der Waals surface area contributed by atoms with E-state index in [-0.39, 0.29) is 0 Å². The molecule has 0 atom stereocenters. The molecule has 0 unspecified atom stereocenters. The first-order valence-electron chi connectivity index (χ1n) is 5.23. The van der Waals surface area contributed by atoms with Crippen LogP contribution in [0.1, 0.15) is 18.9 Å². The number of fused-ring (bicyclic) bond motifs is 1. The standard InChI is InChI=1S/C11H13NO3S2/c1-3-4-16-10-6-9(15-2)5-8-7-12-17(13,14)11(8)10/h5-7H,3-4H2,1-2H3. The van der Waals surface area contributed by atoms with Gasteiger partial charge in [0.05, 0.1) is 7.11 Å². The van der Waals surface area contributed by atoms with Crippen LogP contribution in [-0.4, -0.2) is 27.5 Å². The largest absolute Gasteiger partial charge is 0.497 e. The fraction of sp³-hybridized carbons (Fsp3) is 0.364. The van der Waals surface area contributed by atoms with Crippen LogP contribution in [0.3, 0.4) is 0 Å². The minimum absolute atomic E-state index is 0.316. The SMILES string of the molecule is CCCSc1cc(OC)cc2c1S(=O)(=O)N=C2. The summed E-state index contributed by atoms with van der Waals surface area (Å²) < 4.78 is 32.3. The number of methoxy groups -OCH3 is 1. The third kappa shape index (κ3) is 2.32. The van der Waals surface area contributed by atoms with Gasteiger partial charge >= 0.3 is 0 Å². The van der Waals surface area contributed by atoms with Crippen LogP contribution in [0.4, 0.5) is 0 Å². The molecule has 1 aromatic carbocycles. The molecule has 4 nitrogen and oxygen atoms in total. The molecule has 0 bridgehead atoms. The number of rotatable bonds is 4. The summed E-state index contributed by atoms with van der Waals surface area (Å²) >= 11 is 1.52. The minimum Gasteiger partial charge on any atom is -0.497 e. The van der Waals surface area contributed by atoms with Crippen LogP contribution in [0.25, 0.3) is 0 Å². The smallest absolute Gasteiger partial charge is 0.284 e. The van der Waals surface area contributed by atoms with E-state index in [0.717, 1.165) is 17.1 Å². The molecule has 92 valence electrons. The van der Waals surface area contributed by atoms with E-state index in [1.54, 1.807) is 19.2 Å². The lowest BCUT2D eigenvalue weighted by Gasteiger charge is -2.09. The monoisotopic (exact) mass is 271 g/mol. The first kappa shape index (κ1) is 12.4. The Kier molecular flexibility index (Phi) is 3.44. The molecule has 0 fully saturated rings. The molecule has 1 aliphatic heterocycles. The molecule has 0 aromatic heterocycles. The quantitative estimate of drug-likeness (QED) is 0.789. The number of benzene rings is 1. The van der Waals surface area contributed by atoms with Crippen molar-refractivity contribution in [3.05, 3.63) is 17.7 Å². The number of nitrogens with zero attached hydrogens (tertiary/aromatic N) is 1. The van der Waals surface area contributed by atoms with Crippen molar-refractivity contribution in [3.63, 3.8) is 0 Å². The molecule has 1 heterocycles. The average molecular weight is 271 g/mol. The van der Waals surface area contributed by atoms with Gasteiger partial charge in [-0.3, -0.25) is 0 Å². The Balaban J connectivity index is 2.54. The van der Waals surface area contributed by atoms with Crippen LogP contribution in [0.2, 0.25) is 0 Å². The molecule has 6 heteroatoms. The first-order valence-corrected chi connectivity index (χ1v) is 7.66. The average Bonchev–Trinajstić information content (AvgIpc) is 2.62. The van der Waals surface area contributed by atoms with E-state index in [0.29, 0.717) is 16.2 Å². The molecule has 0 aliphatic carbocycles. The number of sulfonamides is 1. The van der Waals surface area contributed by atoms with Gasteiger partial charge in [0.15, 0.2) is 0 Å². The number of hydrogen-bond acceptors (Lipinski definition) is 4. The maximum absolute atomic E-state index is 11.8. The highest BCUT2D eigenvalue weighted by Gasteiger charge is 2.27. The topological polar surface area (TPSA) is 55.7 Å². The zero-order chi connectivity index (χ0) is 12.5. The van der Waals surface area contributed by atoms with Crippen LogP contribution in [0.15, 0.2) is 26.3 Å². The zero-order valence-electron chi connectivity index (χ0n) is 9.63. The van der Waals surface area contributed by atoms with Gasteiger partial charge < -0.3 is 4.74 Å². The van der Waals surface area contributed by atoms with Crippen LogP contribution >= 0.6 is 11.8 Å². The summed E-state index contributed by atoms with van der Waals surface area (Å²) in [6.45, 7) is 2.05. The van der Waals surface area contributed by atoms with Gasteiger partial charge in [-0.25, -0.2) is 0 Å². The Morgan fingerprint density at radius 3 is 2.82 bits per heavy atom. The molecule has 0 saturated carbocycles. The lowest BCUT2D eigenvalue weighted by Crippen LogP contribution is -1.98. The van der Waals surface area contributed by atoms with Crippen molar-refractivity contribution in [2.24, 2.45) is 4.40 Å². The molecule has 0 radical (unpaired) electrons. The van der Waals surface area contributed by atoms with Crippen molar-refractivity contribution >= 4 is 28.0 Å². The van der Waals surface area contributed by atoms with E-state index in [9.17, 15) is 8.42 Å². The minimum atomic E-state index is -3.50. The summed E-state index contributed by atoms with van der Waals surface area (Å²) in [6.07, 6.45) is 2.36. The Hall–Kier alpha value is -1.01. The van der Waals surface area contributed by atoms with Crippen molar-refractivity contribution < 1.29 is 13.2 Å². The summed E-state index contributed by atoms with van der Waals surface area (Å²) in [4.78, 5) is 1.04. The second-order valence-electron chi connectivity index (χ2n) is 3.60. The molecule has 0 N–H and O–H groups in total. The first-order chi connectivity index (χ1) is 8.08. The number of thioether (sulfide) groups is 1. The van der Waals surface area contributed by atoms with E-state index in [4.69, 9.17) is 4.74 Å². The molecule has 1 aliphatic rings. The van der Waals surface area contributed by atoms with Crippen LogP contribution < -0.4 is 4.74 Å². The van der Waals surface area contributed by atoms with Crippen molar-refractivity contribution in [3.8, 4) is 5.75 Å². The molecule has 0 saturated heterocycles. The summed E-state index contributed by atoms with van der Waals surface area (Å²) in [5, 5.41) is 0. The number of hydrogen-bond donors (Lipinski definition) is 0. The van der Waals surface area contributed by atoms with E-state index in [2.05, 4.69) is 11.3 Å². The summed E-state index contributed by atoms with van der Waals surface area (Å²) in [7, 11) is -1.93. The fourth-order valence-electron chi connectivity index (χ4n) is 1.59. The van der Waals surface area contributed by atoms with Gasteiger partial charge in [-0.1, -0.05) is 6.92 Å². The van der Waals surface area contributed by atoms with E-state index in [1.807, 2.05) is 0 Å². The van der Waals surface area contributed by atoms with Crippen molar-refractivity contribution in [1.29, 1.82) is 0 Å². The van der Waals surface area contributed by atoms with Crippen LogP contribution in [0.5, 0.6) is 5.75 Å². The molecule has 0 spiro atoms. The second-order valence-corrected chi connectivity index (χ2v) is 6.31. The Bertz CT molecular complexity index is 564. The van der Waals surface area contributed by atoms with Crippen LogP contribution in [-0.2, 0) is 10.0 Å². The zero-order valence-corrected chi connectivity index (χ0v) is 11.3. The lowest BCUT2D eigenvalue weighted by molar-refractivity contribution is 0.413. The Morgan fingerprint density at radius 1 is 1.41 bits per heavy atom. The van der Waals surface area contributed by atoms with E-state index in [1.165, 1.54) is 18.0 Å². The molecule has 0 amide bonds. The predicted molar refractivity (Wildman–Crippen MR) is 68.8 cm³/mol. The summed E-state index contributed by atoms with van der Waals surface area (Å²) in [5.74, 6) is 1.53. The Labute approximate surface area is 105 Å². The van der Waals surface area contributed by atoms with Gasteiger partial charge in [-0.15, -0.1) is 11.8 Å². The highest BCUT2D eigenvalue weighted by molar-refractivity contribution is 8.00. The normalized spacial score (nSPS) is 15.9. The number of ether oxygens (including phenoxy) is 1. The Morgan fingerprint density at radius 2 is 2.18 bits per heavy atom. The third-order valence-electron chi connectivity index (χ3n) is 2.34. The summed E-state index contributed by atoms with van der Waals surface area (Å²) in [5.41, 5.74) is 0.614.